The second-order valence-electron chi connectivity index (χ2n) is 5.97. The Morgan fingerprint density at radius 3 is 0.909 bits per heavy atom. The molecule has 0 bridgehead atoms. The third-order valence-electron chi connectivity index (χ3n) is 3.76. The van der Waals surface area contributed by atoms with Gasteiger partial charge in [-0.25, -0.2) is 0 Å². The van der Waals surface area contributed by atoms with Crippen molar-refractivity contribution in [1.29, 1.82) is 0 Å². The number of carbonyl (C=O) groups excluding carboxylic acids is 4. The van der Waals surface area contributed by atoms with Crippen molar-refractivity contribution < 1.29 is 49.1 Å². The number of hydrogen-bond donors (Lipinski definition) is 0. The maximum absolute atomic E-state index is 12.6. The average molecular weight is 563 g/mol. The first-order valence-corrected chi connectivity index (χ1v) is 13.7. The molecule has 0 aromatic carbocycles. The number of furan rings is 4. The van der Waals surface area contributed by atoms with Gasteiger partial charge in [-0.15, -0.1) is 0 Å². The Hall–Kier alpha value is -4.20. The molecule has 4 rings (SSSR count). The van der Waals surface area contributed by atoms with Crippen LogP contribution in [0.25, 0.3) is 0 Å². The van der Waals surface area contributed by atoms with Crippen molar-refractivity contribution >= 4 is 43.9 Å². The van der Waals surface area contributed by atoms with Gasteiger partial charge in [0.25, 0.3) is 0 Å². The Kier molecular flexibility index (Phi) is 6.35. The summed E-state index contributed by atoms with van der Waals surface area (Å²) in [5, 5.41) is 0. The molecule has 0 radical (unpaired) electrons. The standard InChI is InChI=1S/4C5H4O3.Sn/c4*6-5(7)4-2-1-3-8-4;/h4*1-3H,(H,6,7);/q;;;;+4/p-4. The molecule has 0 saturated heterocycles. The second kappa shape index (κ2) is 9.52. The molecule has 0 saturated carbocycles. The normalized spacial score (nSPS) is 10.9. The molecule has 0 fully saturated rings. The van der Waals surface area contributed by atoms with Crippen LogP contribution in [0, 0.1) is 0 Å². The van der Waals surface area contributed by atoms with E-state index in [1.807, 2.05) is 0 Å². The van der Waals surface area contributed by atoms with Crippen LogP contribution in [0.1, 0.15) is 42.2 Å². The SMILES string of the molecule is O=C([O][Sn]([O]C(=O)c1ccco1)([O]C(=O)c1ccco1)[O]C(=O)c1ccco1)c1ccco1. The first-order chi connectivity index (χ1) is 16.0. The van der Waals surface area contributed by atoms with Crippen LogP contribution in [0.5, 0.6) is 0 Å². The number of rotatable bonds is 8. The summed E-state index contributed by atoms with van der Waals surface area (Å²) in [7, 11) is 0. The van der Waals surface area contributed by atoms with Crippen LogP contribution < -0.4 is 0 Å². The molecule has 12 nitrogen and oxygen atoms in total. The minimum absolute atomic E-state index is 0.340. The van der Waals surface area contributed by atoms with Crippen molar-refractivity contribution in [2.75, 3.05) is 0 Å². The van der Waals surface area contributed by atoms with E-state index >= 15 is 0 Å². The summed E-state index contributed by atoms with van der Waals surface area (Å²) >= 11 is -6.30. The zero-order valence-electron chi connectivity index (χ0n) is 16.3. The van der Waals surface area contributed by atoms with Gasteiger partial charge in [0.05, 0.1) is 0 Å². The molecule has 0 N–H and O–H groups in total. The van der Waals surface area contributed by atoms with E-state index in [2.05, 4.69) is 0 Å². The van der Waals surface area contributed by atoms with Crippen LogP contribution in [0.3, 0.4) is 0 Å². The van der Waals surface area contributed by atoms with Crippen molar-refractivity contribution in [1.82, 2.24) is 0 Å². The third-order valence-corrected chi connectivity index (χ3v) is 8.73. The Bertz CT molecular complexity index is 1020. The molecule has 0 spiro atoms. The van der Waals surface area contributed by atoms with Gasteiger partial charge in [0.2, 0.25) is 0 Å². The summed E-state index contributed by atoms with van der Waals surface area (Å²) in [6.07, 6.45) is 4.69. The fraction of sp³-hybridized carbons (Fsp3) is 0. The van der Waals surface area contributed by atoms with Crippen molar-refractivity contribution in [3.8, 4) is 0 Å². The predicted molar refractivity (Wildman–Crippen MR) is 102 cm³/mol. The molecule has 13 heteroatoms. The van der Waals surface area contributed by atoms with E-state index in [1.54, 1.807) is 0 Å². The van der Waals surface area contributed by atoms with Crippen LogP contribution >= 0.6 is 0 Å². The molecule has 4 heterocycles. The fourth-order valence-corrected chi connectivity index (χ4v) is 6.81. The van der Waals surface area contributed by atoms with Gasteiger partial charge in [-0.1, -0.05) is 0 Å². The van der Waals surface area contributed by atoms with Crippen LogP contribution in [-0.2, 0) is 12.3 Å². The molecular weight excluding hydrogens is 551 g/mol. The topological polar surface area (TPSA) is 158 Å². The Morgan fingerprint density at radius 2 is 0.727 bits per heavy atom. The minimum atomic E-state index is -6.30. The van der Waals surface area contributed by atoms with E-state index in [-0.39, 0.29) is 23.0 Å². The van der Waals surface area contributed by atoms with E-state index in [0.29, 0.717) is 0 Å². The van der Waals surface area contributed by atoms with E-state index in [0.717, 1.165) is 0 Å². The molecule has 0 unspecified atom stereocenters. The van der Waals surface area contributed by atoms with Crippen LogP contribution in [0.15, 0.2) is 91.3 Å². The van der Waals surface area contributed by atoms with Crippen molar-refractivity contribution in [2.24, 2.45) is 0 Å². The first-order valence-electron chi connectivity index (χ1n) is 9.03. The van der Waals surface area contributed by atoms with Gasteiger partial charge in [0.1, 0.15) is 0 Å². The first kappa shape index (κ1) is 22.0. The van der Waals surface area contributed by atoms with Crippen LogP contribution in [0.2, 0.25) is 0 Å². The summed E-state index contributed by atoms with van der Waals surface area (Å²) in [4.78, 5) is 50.5. The van der Waals surface area contributed by atoms with Gasteiger partial charge >= 0.3 is 190 Å². The molecule has 4 aromatic heterocycles. The van der Waals surface area contributed by atoms with E-state index < -0.39 is 43.9 Å². The molecule has 0 aliphatic carbocycles. The van der Waals surface area contributed by atoms with Crippen LogP contribution in [0.4, 0.5) is 0 Å². The summed E-state index contributed by atoms with van der Waals surface area (Å²) < 4.78 is 40.7. The molecule has 4 aromatic rings. The zero-order valence-corrected chi connectivity index (χ0v) is 19.2. The zero-order chi connectivity index (χ0) is 23.3. The predicted octanol–water partition coefficient (Wildman–Crippen LogP) is 3.22. The molecule has 0 atom stereocenters. The number of carbonyl (C=O) groups is 4. The molecule has 168 valence electrons. The molecular formula is C20H12O12Sn. The quantitative estimate of drug-likeness (QED) is 0.289. The van der Waals surface area contributed by atoms with Crippen molar-refractivity contribution in [2.45, 2.75) is 0 Å². The number of hydrogen-bond acceptors (Lipinski definition) is 12. The monoisotopic (exact) mass is 564 g/mol. The molecule has 0 aliphatic rings. The van der Waals surface area contributed by atoms with Gasteiger partial charge in [0.15, 0.2) is 0 Å². The molecule has 33 heavy (non-hydrogen) atoms. The summed E-state index contributed by atoms with van der Waals surface area (Å²) in [6, 6.07) is 10.5. The van der Waals surface area contributed by atoms with Gasteiger partial charge in [-0.3, -0.25) is 0 Å². The Balaban J connectivity index is 1.71. The summed E-state index contributed by atoms with van der Waals surface area (Å²) in [5.74, 6) is -6.24. The van der Waals surface area contributed by atoms with E-state index in [1.165, 1.54) is 73.6 Å². The maximum atomic E-state index is 12.6. The van der Waals surface area contributed by atoms with Gasteiger partial charge in [-0.05, 0) is 0 Å². The molecule has 0 aliphatic heterocycles. The van der Waals surface area contributed by atoms with Crippen molar-refractivity contribution in [3.05, 3.63) is 96.6 Å². The van der Waals surface area contributed by atoms with Crippen LogP contribution in [-0.4, -0.2) is 43.9 Å². The van der Waals surface area contributed by atoms with Gasteiger partial charge in [0, 0.05) is 0 Å². The second-order valence-corrected chi connectivity index (χ2v) is 11.2. The summed E-state index contributed by atoms with van der Waals surface area (Å²) in [6.45, 7) is 0. The summed E-state index contributed by atoms with van der Waals surface area (Å²) in [5.41, 5.74) is 0. The third kappa shape index (κ3) is 5.17. The van der Waals surface area contributed by atoms with Gasteiger partial charge in [-0.2, -0.15) is 0 Å². The Morgan fingerprint density at radius 1 is 0.485 bits per heavy atom. The van der Waals surface area contributed by atoms with Gasteiger partial charge < -0.3 is 0 Å². The fourth-order valence-electron chi connectivity index (χ4n) is 2.36. The van der Waals surface area contributed by atoms with E-state index in [4.69, 9.17) is 30.0 Å². The molecule has 0 amide bonds. The average Bonchev–Trinajstić information content (AvgIpc) is 3.61. The van der Waals surface area contributed by atoms with E-state index in [9.17, 15) is 19.2 Å². The van der Waals surface area contributed by atoms with Crippen molar-refractivity contribution in [3.63, 3.8) is 0 Å². The Labute approximate surface area is 189 Å².